The minimum atomic E-state index is -0.434. The summed E-state index contributed by atoms with van der Waals surface area (Å²) in [5.41, 5.74) is -0.434. The predicted molar refractivity (Wildman–Crippen MR) is 64.8 cm³/mol. The maximum absolute atomic E-state index is 11.7. The minimum Gasteiger partial charge on any atom is -0.444 e. The van der Waals surface area contributed by atoms with Gasteiger partial charge in [0.1, 0.15) is 5.60 Å². The normalized spacial score (nSPS) is 26.9. The number of carbonyl (C=O) groups excluding carboxylic acids is 1. The molecule has 0 radical (unpaired) electrons. The van der Waals surface area contributed by atoms with Crippen molar-refractivity contribution in [3.05, 3.63) is 0 Å². The van der Waals surface area contributed by atoms with Crippen molar-refractivity contribution in [1.29, 1.82) is 0 Å². The largest absolute Gasteiger partial charge is 0.444 e. The number of hydrogen-bond donors (Lipinski definition) is 0. The van der Waals surface area contributed by atoms with Crippen molar-refractivity contribution >= 4 is 29.5 Å². The second-order valence-corrected chi connectivity index (χ2v) is 6.31. The predicted octanol–water partition coefficient (Wildman–Crippen LogP) is 2.58. The molecular weight excluding hydrogens is 234 g/mol. The average Bonchev–Trinajstić information content (AvgIpc) is 2.43. The monoisotopic (exact) mass is 251 g/mol. The summed E-state index contributed by atoms with van der Waals surface area (Å²) in [6.45, 7) is 6.87. The molecule has 0 aromatic heterocycles. The summed E-state index contributed by atoms with van der Waals surface area (Å²) in [7, 11) is 0. The van der Waals surface area contributed by atoms with Crippen molar-refractivity contribution in [3.8, 4) is 0 Å². The number of alkyl halides is 1. The molecule has 1 aliphatic rings. The fourth-order valence-corrected chi connectivity index (χ4v) is 2.70. The molecule has 88 valence electrons. The van der Waals surface area contributed by atoms with Crippen molar-refractivity contribution in [2.75, 3.05) is 19.3 Å². The van der Waals surface area contributed by atoms with Gasteiger partial charge in [-0.15, -0.1) is 11.6 Å². The fourth-order valence-electron chi connectivity index (χ4n) is 1.43. The van der Waals surface area contributed by atoms with E-state index in [9.17, 15) is 4.79 Å². The molecule has 15 heavy (non-hydrogen) atoms. The van der Waals surface area contributed by atoms with Gasteiger partial charge >= 0.3 is 6.09 Å². The summed E-state index contributed by atoms with van der Waals surface area (Å²) in [6, 6.07) is 0. The molecule has 0 aromatic rings. The van der Waals surface area contributed by atoms with E-state index in [0.29, 0.717) is 18.3 Å². The first-order valence-electron chi connectivity index (χ1n) is 4.98. The summed E-state index contributed by atoms with van der Waals surface area (Å²) in [5.74, 6) is 0. The van der Waals surface area contributed by atoms with Gasteiger partial charge in [-0.05, 0) is 27.0 Å². The highest BCUT2D eigenvalue weighted by molar-refractivity contribution is 7.99. The first kappa shape index (κ1) is 13.0. The zero-order chi connectivity index (χ0) is 11.6. The molecule has 1 amide bonds. The Morgan fingerprint density at radius 1 is 1.47 bits per heavy atom. The average molecular weight is 252 g/mol. The fraction of sp³-hybridized carbons (Fsp3) is 0.900. The molecule has 1 heterocycles. The smallest absolute Gasteiger partial charge is 0.410 e. The first-order chi connectivity index (χ1) is 6.83. The van der Waals surface area contributed by atoms with Crippen LogP contribution < -0.4 is 0 Å². The Morgan fingerprint density at radius 3 is 2.47 bits per heavy atom. The number of amides is 1. The van der Waals surface area contributed by atoms with Crippen LogP contribution in [0.5, 0.6) is 0 Å². The summed E-state index contributed by atoms with van der Waals surface area (Å²) in [5, 5.41) is 0.353. The Hall–Kier alpha value is -0.0900. The lowest BCUT2D eigenvalue weighted by Crippen LogP contribution is -2.35. The van der Waals surface area contributed by atoms with E-state index in [1.54, 1.807) is 16.7 Å². The topological polar surface area (TPSA) is 29.5 Å². The molecule has 1 rings (SSSR count). The van der Waals surface area contributed by atoms with Gasteiger partial charge in [-0.3, -0.25) is 0 Å². The van der Waals surface area contributed by atoms with Crippen LogP contribution in [0.25, 0.3) is 0 Å². The van der Waals surface area contributed by atoms with Crippen LogP contribution in [0.3, 0.4) is 0 Å². The number of carbonyl (C=O) groups is 1. The SMILES string of the molecule is CS[C@@H]1CN(C(=O)OC(C)(C)C)C[C@@H]1Cl. The molecular formula is C10H18ClNO2S. The number of rotatable bonds is 1. The highest BCUT2D eigenvalue weighted by Gasteiger charge is 2.35. The van der Waals surface area contributed by atoms with E-state index in [0.717, 1.165) is 0 Å². The van der Waals surface area contributed by atoms with Crippen LogP contribution in [-0.4, -0.2) is 46.6 Å². The van der Waals surface area contributed by atoms with Crippen molar-refractivity contribution < 1.29 is 9.53 Å². The number of halogens is 1. The van der Waals surface area contributed by atoms with Crippen LogP contribution in [0.2, 0.25) is 0 Å². The van der Waals surface area contributed by atoms with Crippen molar-refractivity contribution in [2.45, 2.75) is 37.0 Å². The van der Waals surface area contributed by atoms with Crippen LogP contribution >= 0.6 is 23.4 Å². The second-order valence-electron chi connectivity index (χ2n) is 4.68. The molecule has 0 saturated carbocycles. The van der Waals surface area contributed by atoms with E-state index in [-0.39, 0.29) is 11.5 Å². The van der Waals surface area contributed by atoms with Crippen LogP contribution in [0.1, 0.15) is 20.8 Å². The van der Waals surface area contributed by atoms with Crippen LogP contribution in [-0.2, 0) is 4.74 Å². The van der Waals surface area contributed by atoms with Crippen molar-refractivity contribution in [1.82, 2.24) is 4.90 Å². The van der Waals surface area contributed by atoms with E-state index in [1.165, 1.54) is 0 Å². The Kier molecular flexibility index (Phi) is 4.18. The van der Waals surface area contributed by atoms with E-state index in [4.69, 9.17) is 16.3 Å². The maximum atomic E-state index is 11.7. The molecule has 3 nitrogen and oxygen atoms in total. The number of ether oxygens (including phenoxy) is 1. The molecule has 0 aromatic carbocycles. The van der Waals surface area contributed by atoms with Gasteiger partial charge in [0.2, 0.25) is 0 Å². The lowest BCUT2D eigenvalue weighted by Gasteiger charge is -2.24. The number of thioether (sulfide) groups is 1. The van der Waals surface area contributed by atoms with Gasteiger partial charge in [0.25, 0.3) is 0 Å². The van der Waals surface area contributed by atoms with Gasteiger partial charge < -0.3 is 9.64 Å². The quantitative estimate of drug-likeness (QED) is 0.671. The highest BCUT2D eigenvalue weighted by atomic mass is 35.5. The third kappa shape index (κ3) is 3.76. The summed E-state index contributed by atoms with van der Waals surface area (Å²) in [4.78, 5) is 13.4. The molecule has 1 saturated heterocycles. The summed E-state index contributed by atoms with van der Waals surface area (Å²) in [6.07, 6.45) is 1.75. The molecule has 2 atom stereocenters. The Bertz CT molecular complexity index is 242. The van der Waals surface area contributed by atoms with E-state index >= 15 is 0 Å². The summed E-state index contributed by atoms with van der Waals surface area (Å²) < 4.78 is 5.28. The molecule has 0 spiro atoms. The zero-order valence-electron chi connectivity index (χ0n) is 9.62. The Balaban J connectivity index is 2.50. The van der Waals surface area contributed by atoms with Gasteiger partial charge in [0.05, 0.1) is 5.38 Å². The van der Waals surface area contributed by atoms with Gasteiger partial charge in [0, 0.05) is 18.3 Å². The lowest BCUT2D eigenvalue weighted by molar-refractivity contribution is 0.0296. The standard InChI is InChI=1S/C10H18ClNO2S/c1-10(2,3)14-9(13)12-5-7(11)8(6-12)15-4/h7-8H,5-6H2,1-4H3/t7-,8+/m0/s1. The summed E-state index contributed by atoms with van der Waals surface area (Å²) >= 11 is 7.82. The van der Waals surface area contributed by atoms with E-state index in [2.05, 4.69) is 0 Å². The van der Waals surface area contributed by atoms with Crippen molar-refractivity contribution in [3.63, 3.8) is 0 Å². The number of nitrogens with zero attached hydrogens (tertiary/aromatic N) is 1. The lowest BCUT2D eigenvalue weighted by atomic mass is 10.2. The zero-order valence-corrected chi connectivity index (χ0v) is 11.2. The highest BCUT2D eigenvalue weighted by Crippen LogP contribution is 2.26. The van der Waals surface area contributed by atoms with Gasteiger partial charge in [0.15, 0.2) is 0 Å². The third-order valence-corrected chi connectivity index (χ3v) is 3.83. The number of hydrogen-bond acceptors (Lipinski definition) is 3. The van der Waals surface area contributed by atoms with Crippen LogP contribution in [0.15, 0.2) is 0 Å². The van der Waals surface area contributed by atoms with E-state index < -0.39 is 5.60 Å². The molecule has 0 bridgehead atoms. The molecule has 0 N–H and O–H groups in total. The third-order valence-electron chi connectivity index (χ3n) is 2.15. The molecule has 1 aliphatic heterocycles. The molecule has 5 heteroatoms. The second kappa shape index (κ2) is 4.83. The molecule has 0 unspecified atom stereocenters. The van der Waals surface area contributed by atoms with Crippen LogP contribution in [0, 0.1) is 0 Å². The Morgan fingerprint density at radius 2 is 2.07 bits per heavy atom. The van der Waals surface area contributed by atoms with Gasteiger partial charge in [-0.1, -0.05) is 0 Å². The molecule has 0 aliphatic carbocycles. The first-order valence-corrected chi connectivity index (χ1v) is 6.70. The number of likely N-dealkylation sites (tertiary alicyclic amines) is 1. The maximum Gasteiger partial charge on any atom is 0.410 e. The van der Waals surface area contributed by atoms with Crippen molar-refractivity contribution in [2.24, 2.45) is 0 Å². The van der Waals surface area contributed by atoms with Gasteiger partial charge in [-0.2, -0.15) is 11.8 Å². The van der Waals surface area contributed by atoms with Crippen LogP contribution in [0.4, 0.5) is 4.79 Å². The Labute approximate surface area is 100 Å². The minimum absolute atomic E-state index is 0.0347. The van der Waals surface area contributed by atoms with E-state index in [1.807, 2.05) is 27.0 Å². The molecule has 1 fully saturated rings. The van der Waals surface area contributed by atoms with Gasteiger partial charge in [-0.25, -0.2) is 4.79 Å².